The van der Waals surface area contributed by atoms with E-state index in [1.807, 2.05) is 24.3 Å². The predicted octanol–water partition coefficient (Wildman–Crippen LogP) is 2.12. The number of hydrogen-bond donors (Lipinski definition) is 1. The molecule has 0 radical (unpaired) electrons. The van der Waals surface area contributed by atoms with E-state index in [1.165, 1.54) is 30.2 Å². The summed E-state index contributed by atoms with van der Waals surface area (Å²) in [4.78, 5) is 20.8. The van der Waals surface area contributed by atoms with Crippen LogP contribution in [0.3, 0.4) is 0 Å². The minimum absolute atomic E-state index is 0.133. The number of anilines is 1. The van der Waals surface area contributed by atoms with Gasteiger partial charge in [-0.25, -0.2) is 14.6 Å². The normalized spacial score (nSPS) is 13.5. The van der Waals surface area contributed by atoms with Crippen molar-refractivity contribution >= 4 is 11.6 Å². The van der Waals surface area contributed by atoms with Gasteiger partial charge in [0.1, 0.15) is 25.0 Å². The number of rotatable bonds is 4. The second-order valence-electron chi connectivity index (χ2n) is 5.88. The van der Waals surface area contributed by atoms with Crippen molar-refractivity contribution < 1.29 is 4.79 Å². The van der Waals surface area contributed by atoms with E-state index in [-0.39, 0.29) is 12.5 Å². The fraction of sp³-hybridized carbons (Fsp3) is 0.294. The van der Waals surface area contributed by atoms with Crippen molar-refractivity contribution in [3.63, 3.8) is 0 Å². The van der Waals surface area contributed by atoms with Gasteiger partial charge in [0.05, 0.1) is 11.4 Å². The topological polar surface area (TPSA) is 77.6 Å². The molecule has 0 aliphatic carbocycles. The van der Waals surface area contributed by atoms with Crippen LogP contribution in [0, 0.1) is 0 Å². The average Bonchev–Trinajstić information content (AvgIpc) is 3.24. The number of carbonyl (C=O) groups is 1. The van der Waals surface area contributed by atoms with Gasteiger partial charge in [0.25, 0.3) is 0 Å². The molecule has 0 spiro atoms. The van der Waals surface area contributed by atoms with Crippen LogP contribution in [0.25, 0.3) is 11.3 Å². The Morgan fingerprint density at radius 3 is 3.00 bits per heavy atom. The molecular formula is C17H18N6O. The molecule has 0 fully saturated rings. The maximum absolute atomic E-state index is 12.2. The Hall–Kier alpha value is -2.96. The number of aryl methyl sites for hydroxylation is 2. The van der Waals surface area contributed by atoms with Crippen molar-refractivity contribution in [1.82, 2.24) is 24.3 Å². The molecule has 1 amide bonds. The van der Waals surface area contributed by atoms with Crippen molar-refractivity contribution in [2.45, 2.75) is 32.4 Å². The monoisotopic (exact) mass is 322 g/mol. The largest absolute Gasteiger partial charge is 0.334 e. The van der Waals surface area contributed by atoms with Crippen molar-refractivity contribution in [2.24, 2.45) is 0 Å². The maximum Gasteiger partial charge on any atom is 0.246 e. The zero-order chi connectivity index (χ0) is 16.4. The first-order chi connectivity index (χ1) is 11.8. The predicted molar refractivity (Wildman–Crippen MR) is 89.3 cm³/mol. The molecular weight excluding hydrogens is 304 g/mol. The summed E-state index contributed by atoms with van der Waals surface area (Å²) >= 11 is 0. The second-order valence-corrected chi connectivity index (χ2v) is 5.88. The van der Waals surface area contributed by atoms with E-state index in [0.29, 0.717) is 0 Å². The smallest absolute Gasteiger partial charge is 0.246 e. The molecule has 3 heterocycles. The van der Waals surface area contributed by atoms with Crippen LogP contribution in [-0.4, -0.2) is 30.2 Å². The summed E-state index contributed by atoms with van der Waals surface area (Å²) in [6.07, 6.45) is 8.41. The van der Waals surface area contributed by atoms with Gasteiger partial charge < -0.3 is 9.88 Å². The minimum Gasteiger partial charge on any atom is -0.334 e. The molecule has 7 nitrogen and oxygen atoms in total. The molecule has 0 atom stereocenters. The Morgan fingerprint density at radius 1 is 1.25 bits per heavy atom. The number of amides is 1. The first kappa shape index (κ1) is 14.6. The van der Waals surface area contributed by atoms with Gasteiger partial charge in [0, 0.05) is 24.7 Å². The molecule has 0 saturated carbocycles. The Balaban J connectivity index is 1.58. The van der Waals surface area contributed by atoms with E-state index in [1.54, 1.807) is 0 Å². The van der Waals surface area contributed by atoms with Gasteiger partial charge >= 0.3 is 0 Å². The third-order valence-corrected chi connectivity index (χ3v) is 4.16. The molecule has 7 heteroatoms. The molecule has 2 aromatic heterocycles. The molecule has 1 aliphatic rings. The van der Waals surface area contributed by atoms with Gasteiger partial charge in [-0.2, -0.15) is 5.10 Å². The van der Waals surface area contributed by atoms with Crippen LogP contribution in [0.2, 0.25) is 0 Å². The maximum atomic E-state index is 12.2. The van der Waals surface area contributed by atoms with Crippen LogP contribution < -0.4 is 5.32 Å². The van der Waals surface area contributed by atoms with Crippen LogP contribution in [-0.2, 0) is 24.3 Å². The van der Waals surface area contributed by atoms with Crippen LogP contribution in [0.4, 0.5) is 5.69 Å². The average molecular weight is 322 g/mol. The van der Waals surface area contributed by atoms with Gasteiger partial charge in [-0.05, 0) is 18.9 Å². The van der Waals surface area contributed by atoms with Gasteiger partial charge in [-0.15, -0.1) is 0 Å². The molecule has 1 aromatic carbocycles. The summed E-state index contributed by atoms with van der Waals surface area (Å²) in [6, 6.07) is 7.75. The number of nitrogens with zero attached hydrogens (tertiary/aromatic N) is 5. The number of nitrogens with one attached hydrogen (secondary N) is 1. The number of benzene rings is 1. The Labute approximate surface area is 139 Å². The number of carbonyl (C=O) groups excluding carboxylic acids is 1. The van der Waals surface area contributed by atoms with Crippen molar-refractivity contribution in [3.8, 4) is 11.3 Å². The first-order valence-electron chi connectivity index (χ1n) is 8.07. The van der Waals surface area contributed by atoms with Crippen LogP contribution in [0.5, 0.6) is 0 Å². The van der Waals surface area contributed by atoms with E-state index >= 15 is 0 Å². The quantitative estimate of drug-likeness (QED) is 0.798. The van der Waals surface area contributed by atoms with Gasteiger partial charge in [-0.3, -0.25) is 4.79 Å². The van der Waals surface area contributed by atoms with Crippen molar-refractivity contribution in [1.29, 1.82) is 0 Å². The summed E-state index contributed by atoms with van der Waals surface area (Å²) in [5.74, 6) is 0.983. The van der Waals surface area contributed by atoms with E-state index < -0.39 is 0 Å². The zero-order valence-corrected chi connectivity index (χ0v) is 13.2. The fourth-order valence-corrected chi connectivity index (χ4v) is 3.01. The van der Waals surface area contributed by atoms with Crippen LogP contribution in [0.1, 0.15) is 18.7 Å². The van der Waals surface area contributed by atoms with Crippen molar-refractivity contribution in [2.75, 3.05) is 5.32 Å². The highest BCUT2D eigenvalue weighted by Gasteiger charge is 2.16. The molecule has 4 rings (SSSR count). The molecule has 0 bridgehead atoms. The van der Waals surface area contributed by atoms with E-state index in [2.05, 4.69) is 26.2 Å². The van der Waals surface area contributed by atoms with E-state index in [9.17, 15) is 4.79 Å². The Morgan fingerprint density at radius 2 is 2.17 bits per heavy atom. The molecule has 122 valence electrons. The number of imidazole rings is 1. The summed E-state index contributed by atoms with van der Waals surface area (Å²) in [5, 5.41) is 6.90. The van der Waals surface area contributed by atoms with Gasteiger partial charge in [0.2, 0.25) is 5.91 Å². The van der Waals surface area contributed by atoms with Crippen molar-refractivity contribution in [3.05, 3.63) is 48.9 Å². The second kappa shape index (κ2) is 6.27. The third kappa shape index (κ3) is 2.92. The van der Waals surface area contributed by atoms with Gasteiger partial charge in [0.15, 0.2) is 0 Å². The number of hydrogen-bond acceptors (Lipinski definition) is 4. The van der Waals surface area contributed by atoms with E-state index in [0.717, 1.165) is 35.7 Å². The highest BCUT2D eigenvalue weighted by Crippen LogP contribution is 2.28. The van der Waals surface area contributed by atoms with Gasteiger partial charge in [-0.1, -0.05) is 18.2 Å². The highest BCUT2D eigenvalue weighted by molar-refractivity contribution is 5.94. The molecule has 24 heavy (non-hydrogen) atoms. The summed E-state index contributed by atoms with van der Waals surface area (Å²) in [6.45, 7) is 1.15. The lowest BCUT2D eigenvalue weighted by Gasteiger charge is -2.11. The number of para-hydroxylation sites is 1. The minimum atomic E-state index is -0.142. The lowest BCUT2D eigenvalue weighted by molar-refractivity contribution is -0.116. The Bertz CT molecular complexity index is 828. The molecule has 0 saturated heterocycles. The zero-order valence-electron chi connectivity index (χ0n) is 13.2. The SMILES string of the molecule is O=C(Cn1cncn1)Nc1ccccc1-c1cn2c(n1)CCCC2. The summed E-state index contributed by atoms with van der Waals surface area (Å²) in [7, 11) is 0. The lowest BCUT2D eigenvalue weighted by atomic mass is 10.1. The molecule has 0 unspecified atom stereocenters. The fourth-order valence-electron chi connectivity index (χ4n) is 3.01. The summed E-state index contributed by atoms with van der Waals surface area (Å²) in [5.41, 5.74) is 2.60. The standard InChI is InChI=1S/C17H18N6O/c24-17(10-23-12-18-11-19-23)21-14-6-2-1-5-13(14)15-9-22-8-4-3-7-16(22)20-15/h1-2,5-6,9,11-12H,3-4,7-8,10H2,(H,21,24). The Kier molecular flexibility index (Phi) is 3.82. The molecule has 3 aromatic rings. The summed E-state index contributed by atoms with van der Waals surface area (Å²) < 4.78 is 3.71. The number of fused-ring (bicyclic) bond motifs is 1. The first-order valence-corrected chi connectivity index (χ1v) is 8.07. The highest BCUT2D eigenvalue weighted by atomic mass is 16.2. The van der Waals surface area contributed by atoms with Crippen LogP contribution in [0.15, 0.2) is 43.1 Å². The molecule has 1 N–H and O–H groups in total. The van der Waals surface area contributed by atoms with Crippen LogP contribution >= 0.6 is 0 Å². The number of aromatic nitrogens is 5. The van der Waals surface area contributed by atoms with E-state index in [4.69, 9.17) is 4.98 Å². The lowest BCUT2D eigenvalue weighted by Crippen LogP contribution is -2.19. The molecule has 1 aliphatic heterocycles. The third-order valence-electron chi connectivity index (χ3n) is 4.16.